The molecule has 336 valence electrons. The number of rotatable bonds is 7. The number of hydrogen-bond donors (Lipinski definition) is 0. The van der Waals surface area contributed by atoms with Crippen molar-refractivity contribution in [3.8, 4) is 66.8 Å². The highest BCUT2D eigenvalue weighted by Crippen LogP contribution is 2.65. The van der Waals surface area contributed by atoms with E-state index < -0.39 is 5.41 Å². The molecule has 3 aliphatic rings. The second kappa shape index (κ2) is 16.0. The summed E-state index contributed by atoms with van der Waals surface area (Å²) in [6.45, 7) is 9.83. The Balaban J connectivity index is 1.09. The van der Waals surface area contributed by atoms with E-state index in [0.717, 1.165) is 24.2 Å². The molecule has 0 heterocycles. The van der Waals surface area contributed by atoms with Crippen LogP contribution in [0.5, 0.6) is 0 Å². The summed E-state index contributed by atoms with van der Waals surface area (Å²) < 4.78 is 0. The average Bonchev–Trinajstić information content (AvgIpc) is 3.87. The molecule has 0 atom stereocenters. The fourth-order valence-electron chi connectivity index (χ4n) is 12.6. The van der Waals surface area contributed by atoms with Crippen molar-refractivity contribution in [3.05, 3.63) is 270 Å². The van der Waals surface area contributed by atoms with Gasteiger partial charge in [-0.3, -0.25) is 0 Å². The van der Waals surface area contributed by atoms with Gasteiger partial charge in [0.05, 0.1) is 11.1 Å². The molecule has 0 aromatic heterocycles. The molecular weight excluding hydrogens is 843 g/mol. The van der Waals surface area contributed by atoms with Crippen molar-refractivity contribution in [2.45, 2.75) is 56.8 Å². The van der Waals surface area contributed by atoms with Gasteiger partial charge in [-0.05, 0) is 155 Å². The summed E-state index contributed by atoms with van der Waals surface area (Å²) >= 11 is 0. The first-order valence-corrected chi connectivity index (χ1v) is 25.0. The minimum atomic E-state index is -0.498. The quantitative estimate of drug-likeness (QED) is 0.154. The Morgan fingerprint density at radius 3 is 1.14 bits per heavy atom. The van der Waals surface area contributed by atoms with E-state index in [-0.39, 0.29) is 10.8 Å². The van der Waals surface area contributed by atoms with Crippen molar-refractivity contribution in [2.24, 2.45) is 0 Å². The third-order valence-corrected chi connectivity index (χ3v) is 16.2. The lowest BCUT2D eigenvalue weighted by atomic mass is 9.61. The summed E-state index contributed by atoms with van der Waals surface area (Å²) in [6.07, 6.45) is 2.28. The van der Waals surface area contributed by atoms with Gasteiger partial charge in [0.25, 0.3) is 0 Å². The molecule has 1 nitrogen and oxygen atoms in total. The number of fused-ring (bicyclic) bond motifs is 11. The minimum absolute atomic E-state index is 0.0277. The first kappa shape index (κ1) is 42.1. The Morgan fingerprint density at radius 2 is 0.657 bits per heavy atom. The molecule has 10 aromatic rings. The molecule has 0 unspecified atom stereocenters. The van der Waals surface area contributed by atoms with Gasteiger partial charge in [0.1, 0.15) is 0 Å². The highest BCUT2D eigenvalue weighted by atomic mass is 15.1. The monoisotopic (exact) mass is 897 g/mol. The molecule has 0 saturated heterocycles. The van der Waals surface area contributed by atoms with E-state index in [0.29, 0.717) is 0 Å². The summed E-state index contributed by atoms with van der Waals surface area (Å²) in [5.74, 6) is 0. The molecule has 0 bridgehead atoms. The Kier molecular flexibility index (Phi) is 9.65. The molecule has 0 aliphatic heterocycles. The van der Waals surface area contributed by atoms with Crippen LogP contribution in [0.1, 0.15) is 73.9 Å². The summed E-state index contributed by atoms with van der Waals surface area (Å²) in [5, 5.41) is 0. The topological polar surface area (TPSA) is 3.24 Å². The third-order valence-electron chi connectivity index (χ3n) is 16.2. The van der Waals surface area contributed by atoms with E-state index in [2.05, 4.69) is 269 Å². The molecule has 0 N–H and O–H groups in total. The van der Waals surface area contributed by atoms with Crippen LogP contribution in [-0.4, -0.2) is 0 Å². The maximum Gasteiger partial charge on any atom is 0.0726 e. The Bertz CT molecular complexity index is 3570. The van der Waals surface area contributed by atoms with E-state index in [1.165, 1.54) is 106 Å². The summed E-state index contributed by atoms with van der Waals surface area (Å²) in [5.41, 5.74) is 26.3. The Hall–Kier alpha value is -8.00. The molecule has 1 spiro atoms. The zero-order valence-corrected chi connectivity index (χ0v) is 40.4. The van der Waals surface area contributed by atoms with E-state index in [1.807, 2.05) is 0 Å². The average molecular weight is 898 g/mol. The van der Waals surface area contributed by atoms with E-state index >= 15 is 0 Å². The van der Waals surface area contributed by atoms with Gasteiger partial charge in [-0.15, -0.1) is 0 Å². The van der Waals surface area contributed by atoms with Crippen molar-refractivity contribution < 1.29 is 0 Å². The summed E-state index contributed by atoms with van der Waals surface area (Å²) in [4.78, 5) is 2.55. The molecule has 0 fully saturated rings. The smallest absolute Gasteiger partial charge is 0.0726 e. The fraction of sp³-hybridized carbons (Fsp3) is 0.130. The zero-order valence-electron chi connectivity index (χ0n) is 40.4. The third kappa shape index (κ3) is 6.45. The molecule has 70 heavy (non-hydrogen) atoms. The first-order valence-electron chi connectivity index (χ1n) is 25.0. The SMILES string of the molecule is CC1(C)CCC(C)(C)c2c(-c3cc4c(cc3N(c3ccc(-c5ccccc5)cc3)c3ccc(-c5ccc(-c6ccccc6)cc5)cc3)C3(c5ccccc5-c5ccccc53)c3ccccc3-4)cccc21. The molecule has 0 saturated carbocycles. The lowest BCUT2D eigenvalue weighted by Crippen LogP contribution is -2.34. The van der Waals surface area contributed by atoms with Gasteiger partial charge in [0.15, 0.2) is 0 Å². The normalized spacial score (nSPS) is 15.1. The minimum Gasteiger partial charge on any atom is -0.310 e. The zero-order chi connectivity index (χ0) is 47.2. The van der Waals surface area contributed by atoms with Crippen LogP contribution in [0, 0.1) is 0 Å². The Labute approximate surface area is 413 Å². The van der Waals surface area contributed by atoms with Gasteiger partial charge in [0, 0.05) is 16.9 Å². The lowest BCUT2D eigenvalue weighted by molar-refractivity contribution is 0.333. The Morgan fingerprint density at radius 1 is 0.286 bits per heavy atom. The van der Waals surface area contributed by atoms with Crippen molar-refractivity contribution in [1.82, 2.24) is 0 Å². The van der Waals surface area contributed by atoms with Crippen LogP contribution in [0.2, 0.25) is 0 Å². The van der Waals surface area contributed by atoms with Crippen LogP contribution in [0.3, 0.4) is 0 Å². The summed E-state index contributed by atoms with van der Waals surface area (Å²) in [7, 11) is 0. The van der Waals surface area contributed by atoms with E-state index in [1.54, 1.807) is 0 Å². The highest BCUT2D eigenvalue weighted by Gasteiger charge is 2.52. The van der Waals surface area contributed by atoms with Crippen molar-refractivity contribution in [1.29, 1.82) is 0 Å². The molecule has 10 aromatic carbocycles. The van der Waals surface area contributed by atoms with Crippen LogP contribution < -0.4 is 4.90 Å². The summed E-state index contributed by atoms with van der Waals surface area (Å²) in [6, 6.07) is 88.8. The number of nitrogens with zero attached hydrogens (tertiary/aromatic N) is 1. The second-order valence-electron chi connectivity index (χ2n) is 21.0. The van der Waals surface area contributed by atoms with Gasteiger partial charge in [-0.25, -0.2) is 0 Å². The largest absolute Gasteiger partial charge is 0.310 e. The van der Waals surface area contributed by atoms with Crippen LogP contribution in [0.15, 0.2) is 237 Å². The van der Waals surface area contributed by atoms with Gasteiger partial charge in [0.2, 0.25) is 0 Å². The van der Waals surface area contributed by atoms with Gasteiger partial charge < -0.3 is 4.90 Å². The van der Waals surface area contributed by atoms with Crippen LogP contribution >= 0.6 is 0 Å². The molecule has 13 rings (SSSR count). The maximum absolute atomic E-state index is 2.60. The van der Waals surface area contributed by atoms with Crippen LogP contribution in [0.4, 0.5) is 17.1 Å². The lowest BCUT2D eigenvalue weighted by Gasteiger charge is -2.43. The van der Waals surface area contributed by atoms with E-state index in [9.17, 15) is 0 Å². The van der Waals surface area contributed by atoms with Gasteiger partial charge in [-0.1, -0.05) is 228 Å². The number of benzene rings is 10. The van der Waals surface area contributed by atoms with Crippen molar-refractivity contribution >= 4 is 17.1 Å². The molecular formula is C69H55N. The van der Waals surface area contributed by atoms with Crippen LogP contribution in [0.25, 0.3) is 66.8 Å². The molecule has 3 aliphatic carbocycles. The van der Waals surface area contributed by atoms with Crippen LogP contribution in [-0.2, 0) is 16.2 Å². The second-order valence-corrected chi connectivity index (χ2v) is 21.0. The number of hydrogen-bond acceptors (Lipinski definition) is 1. The molecule has 1 heteroatoms. The van der Waals surface area contributed by atoms with Crippen molar-refractivity contribution in [2.75, 3.05) is 4.90 Å². The first-order chi connectivity index (χ1) is 34.2. The number of anilines is 3. The highest BCUT2D eigenvalue weighted by molar-refractivity contribution is 6.01. The standard InChI is InChI=1S/C69H55N/c1-67(2)42-43-68(3,4)66-57(25-17-29-63(66)67)59-44-58-56-24-13-16-28-62(56)69(60-26-14-11-22-54(60)55-23-12-15-27-61(55)69)64(58)45-65(59)70(52-38-34-50(35-39-52)47-20-9-6-10-21-47)53-40-36-51(37-41-53)49-32-30-48(31-33-49)46-18-7-5-8-19-46/h5-41,44-45H,42-43H2,1-4H3. The molecule has 0 amide bonds. The maximum atomic E-state index is 2.60. The molecule has 0 radical (unpaired) electrons. The van der Waals surface area contributed by atoms with E-state index in [4.69, 9.17) is 0 Å². The fourth-order valence-corrected chi connectivity index (χ4v) is 12.6. The predicted molar refractivity (Wildman–Crippen MR) is 294 cm³/mol. The van der Waals surface area contributed by atoms with Gasteiger partial charge >= 0.3 is 0 Å². The predicted octanol–water partition coefficient (Wildman–Crippen LogP) is 18.5. The van der Waals surface area contributed by atoms with Crippen molar-refractivity contribution in [3.63, 3.8) is 0 Å². The van der Waals surface area contributed by atoms with Gasteiger partial charge in [-0.2, -0.15) is 0 Å².